The van der Waals surface area contributed by atoms with Gasteiger partial charge in [0.2, 0.25) is 0 Å². The fourth-order valence-corrected chi connectivity index (χ4v) is 13.3. The smallest absolute Gasteiger partial charge is 0.462 e. The van der Waals surface area contributed by atoms with Gasteiger partial charge in [-0.2, -0.15) is 0 Å². The summed E-state index contributed by atoms with van der Waals surface area (Å²) in [6.45, 7) is 4.95. The monoisotopic (exact) mass is 1430 g/mol. The van der Waals surface area contributed by atoms with Crippen molar-refractivity contribution in [1.29, 1.82) is 0 Å². The highest BCUT2D eigenvalue weighted by molar-refractivity contribution is 7.47. The first-order valence-electron chi connectivity index (χ1n) is 40.6. The second kappa shape index (κ2) is 72.9. The number of rotatable bonds is 78. The van der Waals surface area contributed by atoms with Crippen LogP contribution in [0.5, 0.6) is 0 Å². The summed E-state index contributed by atoms with van der Waals surface area (Å²) < 4.78 is 68.6. The first-order valence-corrected chi connectivity index (χ1v) is 43.6. The zero-order chi connectivity index (χ0) is 71.8. The Morgan fingerprint density at radius 3 is 0.745 bits per heavy atom. The summed E-state index contributed by atoms with van der Waals surface area (Å²) in [4.78, 5) is 72.9. The average molecular weight is 1430 g/mol. The number of hydrogen-bond acceptors (Lipinski definition) is 15. The zero-order valence-corrected chi connectivity index (χ0v) is 65.0. The highest BCUT2D eigenvalue weighted by Crippen LogP contribution is 2.45. The zero-order valence-electron chi connectivity index (χ0n) is 63.2. The van der Waals surface area contributed by atoms with Crippen LogP contribution in [0, 0.1) is 0 Å². The molecule has 0 aliphatic carbocycles. The first kappa shape index (κ1) is 95.5. The van der Waals surface area contributed by atoms with E-state index in [0.29, 0.717) is 25.7 Å². The molecule has 0 spiro atoms. The minimum atomic E-state index is -4.97. The number of unbranched alkanes of at least 4 members (excludes halogenated alkanes) is 49. The van der Waals surface area contributed by atoms with Gasteiger partial charge in [-0.1, -0.05) is 347 Å². The number of phosphoric acid groups is 2. The number of ether oxygens (including phenoxy) is 4. The largest absolute Gasteiger partial charge is 0.472 e. The van der Waals surface area contributed by atoms with Crippen LogP contribution in [0.15, 0.2) is 24.3 Å². The third-order valence-electron chi connectivity index (χ3n) is 18.0. The number of carbonyl (C=O) groups excluding carboxylic acids is 4. The Morgan fingerprint density at radius 2 is 0.490 bits per heavy atom. The van der Waals surface area contributed by atoms with Gasteiger partial charge in [0.1, 0.15) is 19.3 Å². The Morgan fingerprint density at radius 1 is 0.286 bits per heavy atom. The predicted molar refractivity (Wildman–Crippen MR) is 400 cm³/mol. The normalized spacial score (nSPS) is 14.0. The second-order valence-corrected chi connectivity index (χ2v) is 30.7. The number of aliphatic hydroxyl groups excluding tert-OH is 1. The maximum atomic E-state index is 13.1. The summed E-state index contributed by atoms with van der Waals surface area (Å²) in [5, 5.41) is 10.6. The fourth-order valence-electron chi connectivity index (χ4n) is 11.7. The molecule has 3 N–H and O–H groups in total. The van der Waals surface area contributed by atoms with E-state index in [9.17, 15) is 43.2 Å². The van der Waals surface area contributed by atoms with Crippen LogP contribution in [0.25, 0.3) is 0 Å². The Balaban J connectivity index is 5.28. The van der Waals surface area contributed by atoms with E-state index in [2.05, 4.69) is 52.0 Å². The molecule has 578 valence electrons. The van der Waals surface area contributed by atoms with E-state index >= 15 is 0 Å². The van der Waals surface area contributed by atoms with E-state index in [0.717, 1.165) is 109 Å². The number of esters is 4. The lowest BCUT2D eigenvalue weighted by atomic mass is 10.0. The molecule has 19 heteroatoms. The third kappa shape index (κ3) is 71.9. The van der Waals surface area contributed by atoms with E-state index in [1.807, 2.05) is 0 Å². The summed E-state index contributed by atoms with van der Waals surface area (Å²) in [5.41, 5.74) is 0. The number of hydrogen-bond donors (Lipinski definition) is 3. The standard InChI is InChI=1S/C79H150O17P2/c1-5-9-13-17-21-25-29-32-35-36-37-39-42-46-50-54-58-62-66-79(84)96-75(70-90-77(82)64-60-56-52-48-44-41-38-33-30-26-22-18-14-10-6-2)72-94-98(87,88)92-68-73(80)67-91-97(85,86)93-71-74(69-89-76(81)63-59-55-51-47-43-28-24-20-16-12-8-4)95-78(83)65-61-57-53-49-45-40-34-31-27-23-19-15-11-7-3/h26,30,33,38,73-75,80H,5-25,27-29,31-32,34-37,39-72H2,1-4H3,(H,85,86)(H,87,88)/b30-26-,38-33-/t73-,74+,75+/m0/s1. The lowest BCUT2D eigenvalue weighted by molar-refractivity contribution is -0.161. The van der Waals surface area contributed by atoms with Crippen LogP contribution in [-0.2, 0) is 65.4 Å². The van der Waals surface area contributed by atoms with Crippen molar-refractivity contribution in [1.82, 2.24) is 0 Å². The van der Waals surface area contributed by atoms with Crippen LogP contribution in [0.1, 0.15) is 400 Å². The van der Waals surface area contributed by atoms with E-state index in [1.54, 1.807) is 0 Å². The van der Waals surface area contributed by atoms with Gasteiger partial charge in [0.05, 0.1) is 26.4 Å². The number of allylic oxidation sites excluding steroid dienone is 4. The lowest BCUT2D eigenvalue weighted by Gasteiger charge is -2.21. The van der Waals surface area contributed by atoms with Gasteiger partial charge in [-0.3, -0.25) is 37.3 Å². The van der Waals surface area contributed by atoms with Crippen molar-refractivity contribution in [3.63, 3.8) is 0 Å². The van der Waals surface area contributed by atoms with Crippen molar-refractivity contribution in [2.45, 2.75) is 418 Å². The van der Waals surface area contributed by atoms with E-state index in [-0.39, 0.29) is 25.7 Å². The topological polar surface area (TPSA) is 237 Å². The van der Waals surface area contributed by atoms with Gasteiger partial charge in [0.25, 0.3) is 0 Å². The van der Waals surface area contributed by atoms with Crippen molar-refractivity contribution in [3.05, 3.63) is 24.3 Å². The summed E-state index contributed by atoms with van der Waals surface area (Å²) in [5.74, 6) is -2.14. The molecule has 0 aromatic rings. The molecule has 0 saturated heterocycles. The Kier molecular flexibility index (Phi) is 71.0. The van der Waals surface area contributed by atoms with E-state index in [1.165, 1.54) is 212 Å². The van der Waals surface area contributed by atoms with Gasteiger partial charge in [-0.05, 0) is 51.4 Å². The first-order chi connectivity index (χ1) is 47.7. The van der Waals surface area contributed by atoms with E-state index in [4.69, 9.17) is 37.0 Å². The van der Waals surface area contributed by atoms with Gasteiger partial charge in [0, 0.05) is 25.7 Å². The fraction of sp³-hybridized carbons (Fsp3) is 0.899. The molecule has 0 aromatic heterocycles. The molecular weight excluding hydrogens is 1280 g/mol. The molecule has 0 aromatic carbocycles. The molecule has 0 aliphatic rings. The third-order valence-corrected chi connectivity index (χ3v) is 19.9. The predicted octanol–water partition coefficient (Wildman–Crippen LogP) is 23.3. The molecule has 17 nitrogen and oxygen atoms in total. The minimum Gasteiger partial charge on any atom is -0.462 e. The second-order valence-electron chi connectivity index (χ2n) is 27.8. The van der Waals surface area contributed by atoms with Crippen molar-refractivity contribution in [2.24, 2.45) is 0 Å². The van der Waals surface area contributed by atoms with Crippen LogP contribution in [0.3, 0.4) is 0 Å². The van der Waals surface area contributed by atoms with Crippen molar-refractivity contribution >= 4 is 39.5 Å². The lowest BCUT2D eigenvalue weighted by Crippen LogP contribution is -2.30. The maximum Gasteiger partial charge on any atom is 0.472 e. The van der Waals surface area contributed by atoms with Crippen molar-refractivity contribution < 1.29 is 80.2 Å². The van der Waals surface area contributed by atoms with Gasteiger partial charge in [-0.25, -0.2) is 9.13 Å². The van der Waals surface area contributed by atoms with Gasteiger partial charge < -0.3 is 33.8 Å². The molecular formula is C79H150O17P2. The quantitative estimate of drug-likeness (QED) is 0.0169. The number of phosphoric ester groups is 2. The minimum absolute atomic E-state index is 0.102. The van der Waals surface area contributed by atoms with Crippen molar-refractivity contribution in [2.75, 3.05) is 39.6 Å². The van der Waals surface area contributed by atoms with Crippen LogP contribution in [0.4, 0.5) is 0 Å². The van der Waals surface area contributed by atoms with E-state index < -0.39 is 97.5 Å². The highest BCUT2D eigenvalue weighted by Gasteiger charge is 2.30. The molecule has 0 aliphatic heterocycles. The Hall–Kier alpha value is -2.46. The van der Waals surface area contributed by atoms with Crippen LogP contribution >= 0.6 is 15.6 Å². The van der Waals surface area contributed by atoms with Gasteiger partial charge in [-0.15, -0.1) is 0 Å². The maximum absolute atomic E-state index is 13.1. The molecule has 0 fully saturated rings. The molecule has 0 amide bonds. The highest BCUT2D eigenvalue weighted by atomic mass is 31.2. The van der Waals surface area contributed by atoms with Crippen LogP contribution < -0.4 is 0 Å². The average Bonchev–Trinajstić information content (AvgIpc) is 0.984. The Labute approximate surface area is 599 Å². The molecule has 0 saturated carbocycles. The molecule has 0 radical (unpaired) electrons. The van der Waals surface area contributed by atoms with Crippen molar-refractivity contribution in [3.8, 4) is 0 Å². The number of carbonyl (C=O) groups is 4. The SMILES string of the molecule is CCCCCC/C=C\C=C/CCCCCCCC(=O)OC[C@H](COP(=O)(O)OC[C@@H](O)COP(=O)(O)OC[C@@H](COC(=O)CCCCCCCCCCCCC)OC(=O)CCCCCCCCCCCCCCCC)OC(=O)CCCCCCCCCCCCCCCCCCCC. The summed E-state index contributed by atoms with van der Waals surface area (Å²) in [6.07, 6.45) is 67.2. The van der Waals surface area contributed by atoms with Crippen LogP contribution in [0.2, 0.25) is 0 Å². The van der Waals surface area contributed by atoms with Crippen LogP contribution in [-0.4, -0.2) is 96.7 Å². The Bertz CT molecular complexity index is 1950. The molecule has 5 atom stereocenters. The van der Waals surface area contributed by atoms with Gasteiger partial charge >= 0.3 is 39.5 Å². The summed E-state index contributed by atoms with van der Waals surface area (Å²) >= 11 is 0. The number of aliphatic hydroxyl groups is 1. The molecule has 98 heavy (non-hydrogen) atoms. The summed E-state index contributed by atoms with van der Waals surface area (Å²) in [7, 11) is -9.93. The van der Waals surface area contributed by atoms with Gasteiger partial charge in [0.15, 0.2) is 12.2 Å². The molecule has 0 rings (SSSR count). The molecule has 0 bridgehead atoms. The summed E-state index contributed by atoms with van der Waals surface area (Å²) in [6, 6.07) is 0. The molecule has 2 unspecified atom stereocenters. The molecule has 0 heterocycles.